The van der Waals surface area contributed by atoms with E-state index in [-0.39, 0.29) is 0 Å². The van der Waals surface area contributed by atoms with Crippen LogP contribution in [-0.4, -0.2) is 12.0 Å². The van der Waals surface area contributed by atoms with Gasteiger partial charge in [0.05, 0.1) is 12.7 Å². The Balaban J connectivity index is 2.21. The highest BCUT2D eigenvalue weighted by Gasteiger charge is 2.09. The fraction of sp³-hybridized carbons (Fsp3) is 0.364. The van der Waals surface area contributed by atoms with Crippen molar-refractivity contribution in [2.75, 3.05) is 7.05 Å². The molecule has 0 radical (unpaired) electrons. The third kappa shape index (κ3) is 2.10. The maximum atomic E-state index is 5.56. The molecule has 0 fully saturated rings. The molecule has 0 amide bonds. The number of hydrogen-bond acceptors (Lipinski definition) is 4. The van der Waals surface area contributed by atoms with Crippen LogP contribution in [-0.2, 0) is 13.0 Å². The SMILES string of the molecule is CCc1ccc(-c2cnc(CNC)o2)o1. The van der Waals surface area contributed by atoms with Crippen LogP contribution < -0.4 is 5.32 Å². The maximum Gasteiger partial charge on any atom is 0.209 e. The van der Waals surface area contributed by atoms with E-state index in [1.165, 1.54) is 0 Å². The highest BCUT2D eigenvalue weighted by molar-refractivity contribution is 5.48. The summed E-state index contributed by atoms with van der Waals surface area (Å²) in [6.07, 6.45) is 2.57. The second-order valence-electron chi connectivity index (χ2n) is 3.27. The van der Waals surface area contributed by atoms with E-state index in [2.05, 4.69) is 17.2 Å². The van der Waals surface area contributed by atoms with Crippen LogP contribution in [0.5, 0.6) is 0 Å². The van der Waals surface area contributed by atoms with E-state index in [9.17, 15) is 0 Å². The molecular formula is C11H14N2O2. The maximum absolute atomic E-state index is 5.56. The first-order valence-corrected chi connectivity index (χ1v) is 5.02. The van der Waals surface area contributed by atoms with Gasteiger partial charge in [-0.15, -0.1) is 0 Å². The summed E-state index contributed by atoms with van der Waals surface area (Å²) in [5.41, 5.74) is 0. The van der Waals surface area contributed by atoms with Gasteiger partial charge in [0.15, 0.2) is 11.5 Å². The average molecular weight is 206 g/mol. The van der Waals surface area contributed by atoms with E-state index < -0.39 is 0 Å². The van der Waals surface area contributed by atoms with Crippen LogP contribution in [0.2, 0.25) is 0 Å². The largest absolute Gasteiger partial charge is 0.458 e. The number of furan rings is 1. The Hall–Kier alpha value is -1.55. The summed E-state index contributed by atoms with van der Waals surface area (Å²) in [7, 11) is 1.85. The monoisotopic (exact) mass is 206 g/mol. The van der Waals surface area contributed by atoms with Crippen LogP contribution in [0.25, 0.3) is 11.5 Å². The Kier molecular flexibility index (Phi) is 2.87. The van der Waals surface area contributed by atoms with Gasteiger partial charge in [-0.2, -0.15) is 0 Å². The van der Waals surface area contributed by atoms with Crippen LogP contribution in [0.4, 0.5) is 0 Å². The molecule has 1 N–H and O–H groups in total. The zero-order valence-electron chi connectivity index (χ0n) is 8.91. The topological polar surface area (TPSA) is 51.2 Å². The van der Waals surface area contributed by atoms with Gasteiger partial charge in [-0.1, -0.05) is 6.92 Å². The summed E-state index contributed by atoms with van der Waals surface area (Å²) in [6.45, 7) is 2.68. The molecule has 0 aliphatic rings. The Bertz CT molecular complexity index is 431. The summed E-state index contributed by atoms with van der Waals surface area (Å²) in [4.78, 5) is 4.13. The number of aromatic nitrogens is 1. The molecule has 2 aromatic rings. The highest BCUT2D eigenvalue weighted by Crippen LogP contribution is 2.23. The number of rotatable bonds is 4. The molecule has 15 heavy (non-hydrogen) atoms. The summed E-state index contributed by atoms with van der Waals surface area (Å²) in [5, 5.41) is 2.98. The normalized spacial score (nSPS) is 10.8. The van der Waals surface area contributed by atoms with E-state index in [4.69, 9.17) is 8.83 Å². The van der Waals surface area contributed by atoms with Crippen molar-refractivity contribution in [3.05, 3.63) is 30.0 Å². The molecule has 2 aromatic heterocycles. The lowest BCUT2D eigenvalue weighted by atomic mass is 10.3. The van der Waals surface area contributed by atoms with Crippen molar-refractivity contribution in [2.45, 2.75) is 19.9 Å². The van der Waals surface area contributed by atoms with E-state index in [1.54, 1.807) is 6.20 Å². The number of oxazole rings is 1. The summed E-state index contributed by atoms with van der Waals surface area (Å²) < 4.78 is 11.1. The van der Waals surface area contributed by atoms with E-state index in [1.807, 2.05) is 19.2 Å². The van der Waals surface area contributed by atoms with Gasteiger partial charge >= 0.3 is 0 Å². The van der Waals surface area contributed by atoms with Gasteiger partial charge in [0.1, 0.15) is 5.76 Å². The second kappa shape index (κ2) is 4.31. The Morgan fingerprint density at radius 2 is 2.13 bits per heavy atom. The number of aryl methyl sites for hydroxylation is 1. The number of hydrogen-bond donors (Lipinski definition) is 1. The molecular weight excluding hydrogens is 192 g/mol. The van der Waals surface area contributed by atoms with Crippen molar-refractivity contribution in [2.24, 2.45) is 0 Å². The molecule has 4 heteroatoms. The van der Waals surface area contributed by atoms with Crippen LogP contribution in [0, 0.1) is 0 Å². The fourth-order valence-corrected chi connectivity index (χ4v) is 1.36. The molecule has 0 aliphatic carbocycles. The van der Waals surface area contributed by atoms with Crippen molar-refractivity contribution >= 4 is 0 Å². The molecule has 0 saturated carbocycles. The Morgan fingerprint density at radius 3 is 2.80 bits per heavy atom. The summed E-state index contributed by atoms with van der Waals surface area (Å²) in [5.74, 6) is 3.04. The molecule has 4 nitrogen and oxygen atoms in total. The first-order chi connectivity index (χ1) is 7.33. The van der Waals surface area contributed by atoms with Gasteiger partial charge in [-0.05, 0) is 19.2 Å². The predicted octanol–water partition coefficient (Wildman–Crippen LogP) is 2.22. The smallest absolute Gasteiger partial charge is 0.209 e. The van der Waals surface area contributed by atoms with Crippen molar-refractivity contribution < 1.29 is 8.83 Å². The minimum absolute atomic E-state index is 0.626. The van der Waals surface area contributed by atoms with Gasteiger partial charge in [0, 0.05) is 6.42 Å². The molecule has 0 aliphatic heterocycles. The number of nitrogens with one attached hydrogen (secondary N) is 1. The summed E-state index contributed by atoms with van der Waals surface area (Å²) in [6, 6.07) is 3.86. The molecule has 0 spiro atoms. The quantitative estimate of drug-likeness (QED) is 0.833. The highest BCUT2D eigenvalue weighted by atomic mass is 16.4. The summed E-state index contributed by atoms with van der Waals surface area (Å²) >= 11 is 0. The van der Waals surface area contributed by atoms with E-state index in [0.717, 1.165) is 17.9 Å². The van der Waals surface area contributed by atoms with Gasteiger partial charge < -0.3 is 14.2 Å². The second-order valence-corrected chi connectivity index (χ2v) is 3.27. The minimum atomic E-state index is 0.626. The van der Waals surface area contributed by atoms with E-state index >= 15 is 0 Å². The standard InChI is InChI=1S/C11H14N2O2/c1-3-8-4-5-9(14-8)10-6-13-11(15-10)7-12-2/h4-6,12H,3,7H2,1-2H3. The number of nitrogens with zero attached hydrogens (tertiary/aromatic N) is 1. The van der Waals surface area contributed by atoms with Crippen molar-refractivity contribution in [3.63, 3.8) is 0 Å². The lowest BCUT2D eigenvalue weighted by molar-refractivity contribution is 0.461. The van der Waals surface area contributed by atoms with E-state index in [0.29, 0.717) is 18.2 Å². The first kappa shape index (κ1) is 9.98. The predicted molar refractivity (Wildman–Crippen MR) is 56.3 cm³/mol. The molecule has 2 rings (SSSR count). The molecule has 0 bridgehead atoms. The van der Waals surface area contributed by atoms with Crippen molar-refractivity contribution in [3.8, 4) is 11.5 Å². The minimum Gasteiger partial charge on any atom is -0.458 e. The zero-order valence-corrected chi connectivity index (χ0v) is 8.91. The molecule has 80 valence electrons. The Morgan fingerprint density at radius 1 is 1.27 bits per heavy atom. The third-order valence-electron chi connectivity index (χ3n) is 2.13. The van der Waals surface area contributed by atoms with Gasteiger partial charge in [-0.3, -0.25) is 0 Å². The molecule has 0 saturated heterocycles. The van der Waals surface area contributed by atoms with Crippen LogP contribution >= 0.6 is 0 Å². The fourth-order valence-electron chi connectivity index (χ4n) is 1.36. The van der Waals surface area contributed by atoms with Crippen molar-refractivity contribution in [1.82, 2.24) is 10.3 Å². The Labute approximate surface area is 88.3 Å². The zero-order chi connectivity index (χ0) is 10.7. The molecule has 2 heterocycles. The van der Waals surface area contributed by atoms with Gasteiger partial charge in [0.25, 0.3) is 0 Å². The van der Waals surface area contributed by atoms with Crippen LogP contribution in [0.1, 0.15) is 18.6 Å². The molecule has 0 atom stereocenters. The van der Waals surface area contributed by atoms with Gasteiger partial charge in [0.2, 0.25) is 5.89 Å². The van der Waals surface area contributed by atoms with Gasteiger partial charge in [-0.25, -0.2) is 4.98 Å². The lowest BCUT2D eigenvalue weighted by Gasteiger charge is -1.92. The first-order valence-electron chi connectivity index (χ1n) is 5.02. The molecule has 0 unspecified atom stereocenters. The van der Waals surface area contributed by atoms with Crippen LogP contribution in [0.15, 0.2) is 27.2 Å². The average Bonchev–Trinajstić information content (AvgIpc) is 2.85. The molecule has 0 aromatic carbocycles. The van der Waals surface area contributed by atoms with Crippen molar-refractivity contribution in [1.29, 1.82) is 0 Å². The lowest BCUT2D eigenvalue weighted by Crippen LogP contribution is -2.04. The van der Waals surface area contributed by atoms with Crippen LogP contribution in [0.3, 0.4) is 0 Å². The third-order valence-corrected chi connectivity index (χ3v) is 2.13.